The smallest absolute Gasteiger partial charge is 0.242 e. The molecule has 0 unspecified atom stereocenters. The van der Waals surface area contributed by atoms with Gasteiger partial charge < -0.3 is 4.74 Å². The fourth-order valence-electron chi connectivity index (χ4n) is 1.38. The van der Waals surface area contributed by atoms with E-state index in [1.807, 2.05) is 13.8 Å². The molecule has 1 aromatic rings. The molecule has 0 atom stereocenters. The summed E-state index contributed by atoms with van der Waals surface area (Å²) in [5.41, 5.74) is 0. The molecule has 1 N–H and O–H groups in total. The van der Waals surface area contributed by atoms with Crippen molar-refractivity contribution in [2.75, 3.05) is 13.2 Å². The van der Waals surface area contributed by atoms with E-state index in [0.29, 0.717) is 17.6 Å². The molecule has 0 aliphatic rings. The predicted molar refractivity (Wildman–Crippen MR) is 77.4 cm³/mol. The summed E-state index contributed by atoms with van der Waals surface area (Å²) in [6.45, 7) is 5.00. The molecule has 0 bridgehead atoms. The van der Waals surface area contributed by atoms with Gasteiger partial charge in [0.05, 0.1) is 6.10 Å². The standard InChI is InChI=1S/C12H19BrN2O3S/c1-10(2)18-6-4-3-5-15-19(16,17)12-7-11(13)8-14-9-12/h7-10,15H,3-6H2,1-2H3. The monoisotopic (exact) mass is 350 g/mol. The van der Waals surface area contributed by atoms with Crippen LogP contribution in [0.4, 0.5) is 0 Å². The Morgan fingerprint density at radius 1 is 1.37 bits per heavy atom. The lowest BCUT2D eigenvalue weighted by Crippen LogP contribution is -2.25. The quantitative estimate of drug-likeness (QED) is 0.730. The summed E-state index contributed by atoms with van der Waals surface area (Å²) in [4.78, 5) is 4.01. The first-order chi connectivity index (χ1) is 8.92. The van der Waals surface area contributed by atoms with Gasteiger partial charge >= 0.3 is 0 Å². The van der Waals surface area contributed by atoms with E-state index in [4.69, 9.17) is 4.74 Å². The summed E-state index contributed by atoms with van der Waals surface area (Å²) in [5, 5.41) is 0. The normalized spacial score (nSPS) is 12.0. The SMILES string of the molecule is CC(C)OCCCCNS(=O)(=O)c1cncc(Br)c1. The highest BCUT2D eigenvalue weighted by Crippen LogP contribution is 2.13. The van der Waals surface area contributed by atoms with Crippen LogP contribution in [0, 0.1) is 0 Å². The van der Waals surface area contributed by atoms with Gasteiger partial charge in [-0.05, 0) is 48.7 Å². The Balaban J connectivity index is 2.36. The third-order valence-corrected chi connectivity index (χ3v) is 4.17. The van der Waals surface area contributed by atoms with Crippen LogP contribution >= 0.6 is 15.9 Å². The number of nitrogens with one attached hydrogen (secondary N) is 1. The summed E-state index contributed by atoms with van der Waals surface area (Å²) in [5.74, 6) is 0. The van der Waals surface area contributed by atoms with Crippen molar-refractivity contribution in [1.29, 1.82) is 0 Å². The Bertz CT molecular complexity index is 492. The van der Waals surface area contributed by atoms with E-state index in [1.165, 1.54) is 12.3 Å². The van der Waals surface area contributed by atoms with Gasteiger partial charge in [-0.15, -0.1) is 0 Å². The van der Waals surface area contributed by atoms with Crippen LogP contribution in [0.2, 0.25) is 0 Å². The van der Waals surface area contributed by atoms with Crippen LogP contribution in [0.5, 0.6) is 0 Å². The molecule has 1 heterocycles. The molecule has 0 aliphatic heterocycles. The molecule has 19 heavy (non-hydrogen) atoms. The Kier molecular flexibility index (Phi) is 6.92. The molecule has 0 saturated carbocycles. The summed E-state index contributed by atoms with van der Waals surface area (Å²) >= 11 is 3.20. The van der Waals surface area contributed by atoms with Crippen LogP contribution in [0.3, 0.4) is 0 Å². The van der Waals surface area contributed by atoms with Crippen molar-refractivity contribution in [3.63, 3.8) is 0 Å². The van der Waals surface area contributed by atoms with Crippen molar-refractivity contribution in [2.45, 2.75) is 37.7 Å². The maximum atomic E-state index is 11.9. The summed E-state index contributed by atoms with van der Waals surface area (Å²) < 4.78 is 32.4. The van der Waals surface area contributed by atoms with Crippen molar-refractivity contribution < 1.29 is 13.2 Å². The number of hydrogen-bond acceptors (Lipinski definition) is 4. The van der Waals surface area contributed by atoms with Crippen LogP contribution in [-0.2, 0) is 14.8 Å². The second-order valence-corrected chi connectivity index (χ2v) is 7.05. The van der Waals surface area contributed by atoms with E-state index in [2.05, 4.69) is 25.6 Å². The lowest BCUT2D eigenvalue weighted by atomic mass is 10.3. The summed E-state index contributed by atoms with van der Waals surface area (Å²) in [6, 6.07) is 1.53. The van der Waals surface area contributed by atoms with Crippen LogP contribution < -0.4 is 4.72 Å². The fraction of sp³-hybridized carbons (Fsp3) is 0.583. The Morgan fingerprint density at radius 3 is 2.74 bits per heavy atom. The Labute approximate surface area is 122 Å². The Hall–Kier alpha value is -0.500. The number of nitrogens with zero attached hydrogens (tertiary/aromatic N) is 1. The molecule has 1 aromatic heterocycles. The van der Waals surface area contributed by atoms with Crippen LogP contribution in [0.1, 0.15) is 26.7 Å². The van der Waals surface area contributed by atoms with Gasteiger partial charge in [0, 0.05) is 30.0 Å². The average molecular weight is 351 g/mol. The highest BCUT2D eigenvalue weighted by atomic mass is 79.9. The van der Waals surface area contributed by atoms with Gasteiger partial charge in [-0.3, -0.25) is 4.98 Å². The van der Waals surface area contributed by atoms with Crippen molar-refractivity contribution >= 4 is 26.0 Å². The molecule has 0 fully saturated rings. The molecule has 0 aromatic carbocycles. The number of ether oxygens (including phenoxy) is 1. The molecule has 0 spiro atoms. The van der Waals surface area contributed by atoms with Crippen LogP contribution in [-0.4, -0.2) is 32.7 Å². The summed E-state index contributed by atoms with van der Waals surface area (Å²) in [7, 11) is -3.47. The van der Waals surface area contributed by atoms with E-state index in [9.17, 15) is 8.42 Å². The van der Waals surface area contributed by atoms with Crippen molar-refractivity contribution in [3.05, 3.63) is 22.9 Å². The van der Waals surface area contributed by atoms with Crippen molar-refractivity contribution in [3.8, 4) is 0 Å². The molecular weight excluding hydrogens is 332 g/mol. The topological polar surface area (TPSA) is 68.3 Å². The number of hydrogen-bond donors (Lipinski definition) is 1. The first kappa shape index (κ1) is 16.6. The minimum absolute atomic E-state index is 0.167. The number of sulfonamides is 1. The second kappa shape index (κ2) is 7.94. The zero-order chi connectivity index (χ0) is 14.3. The fourth-order valence-corrected chi connectivity index (χ4v) is 2.95. The molecule has 1 rings (SSSR count). The first-order valence-corrected chi connectivity index (χ1v) is 8.41. The first-order valence-electron chi connectivity index (χ1n) is 6.13. The molecule has 0 amide bonds. The van der Waals surface area contributed by atoms with E-state index >= 15 is 0 Å². The minimum Gasteiger partial charge on any atom is -0.379 e. The van der Waals surface area contributed by atoms with Gasteiger partial charge in [0.2, 0.25) is 10.0 Å². The molecule has 0 saturated heterocycles. The van der Waals surface area contributed by atoms with Crippen molar-refractivity contribution in [1.82, 2.24) is 9.71 Å². The zero-order valence-corrected chi connectivity index (χ0v) is 13.5. The van der Waals surface area contributed by atoms with E-state index < -0.39 is 10.0 Å². The molecule has 0 aliphatic carbocycles. The second-order valence-electron chi connectivity index (χ2n) is 4.36. The van der Waals surface area contributed by atoms with Crippen LogP contribution in [0.25, 0.3) is 0 Å². The average Bonchev–Trinajstić information content (AvgIpc) is 2.33. The van der Waals surface area contributed by atoms with Gasteiger partial charge in [0.15, 0.2) is 0 Å². The molecule has 5 nitrogen and oxygen atoms in total. The van der Waals surface area contributed by atoms with Gasteiger partial charge in [-0.1, -0.05) is 0 Å². The van der Waals surface area contributed by atoms with Crippen LogP contribution in [0.15, 0.2) is 27.8 Å². The maximum Gasteiger partial charge on any atom is 0.242 e. The maximum absolute atomic E-state index is 11.9. The lowest BCUT2D eigenvalue weighted by molar-refractivity contribution is 0.0762. The third-order valence-electron chi connectivity index (χ3n) is 2.30. The molecule has 108 valence electrons. The number of pyridine rings is 1. The van der Waals surface area contributed by atoms with Gasteiger partial charge in [-0.2, -0.15) is 0 Å². The number of rotatable bonds is 8. The third kappa shape index (κ3) is 6.47. The predicted octanol–water partition coefficient (Wildman–Crippen LogP) is 2.33. The minimum atomic E-state index is -3.47. The number of unbranched alkanes of at least 4 members (excludes halogenated alkanes) is 1. The summed E-state index contributed by atoms with van der Waals surface area (Å²) in [6.07, 6.45) is 4.66. The van der Waals surface area contributed by atoms with Crippen molar-refractivity contribution in [2.24, 2.45) is 0 Å². The number of halogens is 1. The molecule has 7 heteroatoms. The van der Waals surface area contributed by atoms with Gasteiger partial charge in [-0.25, -0.2) is 13.1 Å². The number of aromatic nitrogens is 1. The molecular formula is C12H19BrN2O3S. The lowest BCUT2D eigenvalue weighted by Gasteiger charge is -2.08. The van der Waals surface area contributed by atoms with Gasteiger partial charge in [0.25, 0.3) is 0 Å². The highest BCUT2D eigenvalue weighted by Gasteiger charge is 2.13. The van der Waals surface area contributed by atoms with E-state index in [0.717, 1.165) is 12.8 Å². The van der Waals surface area contributed by atoms with E-state index in [1.54, 1.807) is 6.20 Å². The zero-order valence-electron chi connectivity index (χ0n) is 11.1. The van der Waals surface area contributed by atoms with E-state index in [-0.39, 0.29) is 11.0 Å². The largest absolute Gasteiger partial charge is 0.379 e. The van der Waals surface area contributed by atoms with Gasteiger partial charge in [0.1, 0.15) is 4.90 Å². The molecule has 0 radical (unpaired) electrons. The Morgan fingerprint density at radius 2 is 2.11 bits per heavy atom. The highest BCUT2D eigenvalue weighted by molar-refractivity contribution is 9.10.